The highest BCUT2D eigenvalue weighted by Gasteiger charge is 2.18. The van der Waals surface area contributed by atoms with E-state index in [-0.39, 0.29) is 11.2 Å². The first-order valence-electron chi connectivity index (χ1n) is 9.18. The average molecular weight is 419 g/mol. The summed E-state index contributed by atoms with van der Waals surface area (Å²) in [5, 5.41) is 0.403. The predicted octanol–water partition coefficient (Wildman–Crippen LogP) is 2.78. The molecule has 0 fully saturated rings. The van der Waals surface area contributed by atoms with Crippen LogP contribution in [0.5, 0.6) is 11.5 Å². The van der Waals surface area contributed by atoms with Crippen LogP contribution in [0.15, 0.2) is 21.7 Å². The number of imidazole rings is 1. The molecule has 0 spiro atoms. The quantitative estimate of drug-likeness (QED) is 0.615. The smallest absolute Gasteiger partial charge is 0.332 e. The average Bonchev–Trinajstić information content (AvgIpc) is 3.03. The van der Waals surface area contributed by atoms with Crippen molar-refractivity contribution in [2.75, 3.05) is 14.2 Å². The molecule has 0 saturated heterocycles. The number of ether oxygens (including phenoxy) is 2. The zero-order valence-electron chi connectivity index (χ0n) is 17.0. The molecule has 0 unspecified atom stereocenters. The Morgan fingerprint density at radius 1 is 1.07 bits per heavy atom. The fourth-order valence-corrected chi connectivity index (χ4v) is 3.59. The van der Waals surface area contributed by atoms with E-state index in [9.17, 15) is 9.59 Å². The van der Waals surface area contributed by atoms with Gasteiger partial charge in [0, 0.05) is 20.1 Å². The molecule has 9 heteroatoms. The number of benzene rings is 1. The third kappa shape index (κ3) is 3.33. The first-order valence-corrected chi connectivity index (χ1v) is 9.55. The second-order valence-electron chi connectivity index (χ2n) is 6.32. The lowest BCUT2D eigenvalue weighted by Crippen LogP contribution is -2.39. The van der Waals surface area contributed by atoms with Crippen LogP contribution in [0.1, 0.15) is 25.2 Å². The van der Waals surface area contributed by atoms with E-state index in [0.717, 1.165) is 0 Å². The van der Waals surface area contributed by atoms with Crippen LogP contribution in [0.2, 0.25) is 5.02 Å². The molecule has 8 nitrogen and oxygen atoms in total. The van der Waals surface area contributed by atoms with Crippen molar-refractivity contribution < 1.29 is 9.47 Å². The van der Waals surface area contributed by atoms with Crippen molar-refractivity contribution in [2.24, 2.45) is 7.05 Å². The topological polar surface area (TPSA) is 80.3 Å². The maximum absolute atomic E-state index is 12.8. The fourth-order valence-electron chi connectivity index (χ4n) is 3.29. The van der Waals surface area contributed by atoms with Gasteiger partial charge in [-0.2, -0.15) is 0 Å². The van der Waals surface area contributed by atoms with Gasteiger partial charge in [-0.15, -0.1) is 0 Å². The van der Waals surface area contributed by atoms with Crippen molar-refractivity contribution in [3.63, 3.8) is 0 Å². The summed E-state index contributed by atoms with van der Waals surface area (Å²) in [4.78, 5) is 29.9. The minimum absolute atomic E-state index is 0.297. The minimum atomic E-state index is -0.357. The van der Waals surface area contributed by atoms with Crippen LogP contribution >= 0.6 is 11.6 Å². The summed E-state index contributed by atoms with van der Waals surface area (Å²) in [6.45, 7) is 4.33. The van der Waals surface area contributed by atoms with Gasteiger partial charge in [-0.05, 0) is 43.7 Å². The number of hydrogen-bond acceptors (Lipinski definition) is 5. The Kier molecular flexibility index (Phi) is 5.83. The Bertz CT molecular complexity index is 1220. The van der Waals surface area contributed by atoms with Gasteiger partial charge in [-0.25, -0.2) is 9.78 Å². The van der Waals surface area contributed by atoms with Crippen molar-refractivity contribution >= 4 is 34.9 Å². The molecule has 2 heterocycles. The zero-order chi connectivity index (χ0) is 21.3. The number of fused-ring (bicyclic) bond motifs is 1. The van der Waals surface area contributed by atoms with E-state index < -0.39 is 0 Å². The molecule has 0 amide bonds. The highest BCUT2D eigenvalue weighted by molar-refractivity contribution is 6.34. The molecule has 29 heavy (non-hydrogen) atoms. The molecule has 3 aromatic rings. The Hall–Kier alpha value is -3.00. The third-order valence-corrected chi connectivity index (χ3v) is 5.23. The Balaban J connectivity index is 2.18. The van der Waals surface area contributed by atoms with Gasteiger partial charge < -0.3 is 14.0 Å². The van der Waals surface area contributed by atoms with Crippen LogP contribution in [0, 0.1) is 0 Å². The van der Waals surface area contributed by atoms with Crippen molar-refractivity contribution in [3.05, 3.63) is 49.4 Å². The maximum Gasteiger partial charge on any atom is 0.332 e. The lowest BCUT2D eigenvalue weighted by Gasteiger charge is -2.10. The van der Waals surface area contributed by atoms with E-state index in [0.29, 0.717) is 52.2 Å². The van der Waals surface area contributed by atoms with E-state index in [1.165, 1.54) is 16.2 Å². The molecule has 0 atom stereocenters. The summed E-state index contributed by atoms with van der Waals surface area (Å²) < 4.78 is 15.0. The number of rotatable bonds is 6. The minimum Gasteiger partial charge on any atom is -0.493 e. The number of halogens is 1. The number of nitrogens with zero attached hydrogens (tertiary/aromatic N) is 4. The van der Waals surface area contributed by atoms with E-state index >= 15 is 0 Å². The van der Waals surface area contributed by atoms with Crippen molar-refractivity contribution in [1.29, 1.82) is 0 Å². The van der Waals surface area contributed by atoms with E-state index in [1.54, 1.807) is 49.9 Å². The summed E-state index contributed by atoms with van der Waals surface area (Å²) >= 11 is 6.43. The number of aryl methyl sites for hydroxylation is 2. The largest absolute Gasteiger partial charge is 0.493 e. The van der Waals surface area contributed by atoms with Crippen LogP contribution in [0.25, 0.3) is 23.3 Å². The lowest BCUT2D eigenvalue weighted by molar-refractivity contribution is 0.355. The second kappa shape index (κ2) is 8.16. The standard InChI is InChI=1S/C20H23ClN4O4/c1-6-24-18-16(19(26)25(7-2)20(24)27)23(3)14(22-18)11-9-12-8-10-13(28-4)17(29-5)15(12)21/h8-11H,6-7H2,1-5H3/b11-9+. The lowest BCUT2D eigenvalue weighted by atomic mass is 10.2. The Morgan fingerprint density at radius 2 is 1.76 bits per heavy atom. The molecule has 0 bridgehead atoms. The molecule has 0 radical (unpaired) electrons. The van der Waals surface area contributed by atoms with E-state index in [4.69, 9.17) is 21.1 Å². The molecular weight excluding hydrogens is 396 g/mol. The monoisotopic (exact) mass is 418 g/mol. The highest BCUT2D eigenvalue weighted by Crippen LogP contribution is 2.37. The highest BCUT2D eigenvalue weighted by atomic mass is 35.5. The molecule has 0 aliphatic carbocycles. The van der Waals surface area contributed by atoms with E-state index in [1.807, 2.05) is 6.92 Å². The van der Waals surface area contributed by atoms with E-state index in [2.05, 4.69) is 4.98 Å². The molecule has 3 rings (SSSR count). The maximum atomic E-state index is 12.8. The van der Waals surface area contributed by atoms with Gasteiger partial charge in [0.2, 0.25) is 0 Å². The van der Waals surface area contributed by atoms with Crippen molar-refractivity contribution in [3.8, 4) is 11.5 Å². The Labute approximate surface area is 172 Å². The molecular formula is C20H23ClN4O4. The van der Waals surface area contributed by atoms with Gasteiger partial charge in [0.1, 0.15) is 5.82 Å². The molecule has 0 saturated carbocycles. The summed E-state index contributed by atoms with van der Waals surface area (Å²) in [6, 6.07) is 3.56. The molecule has 0 aliphatic heterocycles. The number of aromatic nitrogens is 4. The fraction of sp³-hybridized carbons (Fsp3) is 0.350. The predicted molar refractivity (Wildman–Crippen MR) is 114 cm³/mol. The summed E-state index contributed by atoms with van der Waals surface area (Å²) in [6.07, 6.45) is 3.52. The normalized spacial score (nSPS) is 11.5. The van der Waals surface area contributed by atoms with Gasteiger partial charge in [0.05, 0.1) is 19.2 Å². The van der Waals surface area contributed by atoms with Gasteiger partial charge in [-0.1, -0.05) is 11.6 Å². The molecule has 2 aromatic heterocycles. The van der Waals surface area contributed by atoms with Gasteiger partial charge in [0.25, 0.3) is 5.56 Å². The second-order valence-corrected chi connectivity index (χ2v) is 6.69. The van der Waals surface area contributed by atoms with Gasteiger partial charge >= 0.3 is 5.69 Å². The summed E-state index contributed by atoms with van der Waals surface area (Å²) in [5.74, 6) is 1.50. The third-order valence-electron chi connectivity index (χ3n) is 4.84. The van der Waals surface area contributed by atoms with Gasteiger partial charge in [-0.3, -0.25) is 13.9 Å². The molecule has 1 aromatic carbocycles. The molecule has 0 N–H and O–H groups in total. The first kappa shape index (κ1) is 20.7. The summed E-state index contributed by atoms with van der Waals surface area (Å²) in [5.41, 5.74) is 0.745. The molecule has 154 valence electrons. The van der Waals surface area contributed by atoms with Gasteiger partial charge in [0.15, 0.2) is 22.7 Å². The Morgan fingerprint density at radius 3 is 2.34 bits per heavy atom. The number of hydrogen-bond donors (Lipinski definition) is 0. The van der Waals surface area contributed by atoms with Crippen LogP contribution in [-0.4, -0.2) is 32.9 Å². The first-order chi connectivity index (χ1) is 13.9. The van der Waals surface area contributed by atoms with Crippen LogP contribution < -0.4 is 20.7 Å². The van der Waals surface area contributed by atoms with Crippen LogP contribution in [0.3, 0.4) is 0 Å². The van der Waals surface area contributed by atoms with Crippen molar-refractivity contribution in [2.45, 2.75) is 26.9 Å². The van der Waals surface area contributed by atoms with Crippen LogP contribution in [-0.2, 0) is 20.1 Å². The number of methoxy groups -OCH3 is 2. The van der Waals surface area contributed by atoms with Crippen LogP contribution in [0.4, 0.5) is 0 Å². The SMILES string of the molecule is CCn1c(=O)c2c(nc(/C=C/c3ccc(OC)c(OC)c3Cl)n2C)n(CC)c1=O. The van der Waals surface area contributed by atoms with Crippen molar-refractivity contribution in [1.82, 2.24) is 18.7 Å². The summed E-state index contributed by atoms with van der Waals surface area (Å²) in [7, 11) is 4.81. The zero-order valence-corrected chi connectivity index (χ0v) is 17.8. The molecule has 0 aliphatic rings.